The highest BCUT2D eigenvalue weighted by atomic mass is 16.5. The fourth-order valence-corrected chi connectivity index (χ4v) is 9.65. The number of rotatable bonds is 47. The highest BCUT2D eigenvalue weighted by Crippen LogP contribution is 2.23. The lowest BCUT2D eigenvalue weighted by Crippen LogP contribution is -2.42. The normalized spacial score (nSPS) is 14.5. The number of amides is 1. The summed E-state index contributed by atoms with van der Waals surface area (Å²) >= 11 is 0. The van der Waals surface area contributed by atoms with Crippen LogP contribution in [0, 0.1) is 0 Å². The number of likely N-dealkylation sites (tertiary alicyclic amines) is 1. The Balaban J connectivity index is 2.64. The number of carbonyl (C=O) groups is 3. The van der Waals surface area contributed by atoms with E-state index < -0.39 is 0 Å². The van der Waals surface area contributed by atoms with Crippen molar-refractivity contribution < 1.29 is 23.9 Å². The Morgan fingerprint density at radius 1 is 0.413 bits per heavy atom. The predicted molar refractivity (Wildman–Crippen MR) is 269 cm³/mol. The van der Waals surface area contributed by atoms with Gasteiger partial charge < -0.3 is 19.3 Å². The van der Waals surface area contributed by atoms with Gasteiger partial charge in [0.1, 0.15) is 12.2 Å². The second-order valence-electron chi connectivity index (χ2n) is 19.8. The standard InChI is InChI=1S/C56H108N2O5/c1-6-11-16-23-32-44-54(59)58(50-37-49-57-47-35-36-48-57)51(38-28-24-19-21-26-33-45-55(60)62-52(40-14-9-4)42-30-17-12-7-2)39-29-25-20-22-27-34-46-56(61)63-53(41-15-10-5)43-31-18-13-8-3/h51-53H,6-50H2,1-5H3. The fourth-order valence-electron chi connectivity index (χ4n) is 9.65. The van der Waals surface area contributed by atoms with Gasteiger partial charge in [-0.2, -0.15) is 0 Å². The molecule has 1 aliphatic heterocycles. The van der Waals surface area contributed by atoms with E-state index in [9.17, 15) is 14.4 Å². The Kier molecular flexibility index (Phi) is 41.7. The van der Waals surface area contributed by atoms with Crippen LogP contribution >= 0.6 is 0 Å². The van der Waals surface area contributed by atoms with Crippen molar-refractivity contribution in [1.82, 2.24) is 9.80 Å². The average Bonchev–Trinajstić information content (AvgIpc) is 3.81. The number of esters is 2. The van der Waals surface area contributed by atoms with E-state index in [1.165, 1.54) is 148 Å². The van der Waals surface area contributed by atoms with Gasteiger partial charge in [0, 0.05) is 31.8 Å². The number of ether oxygens (including phenoxy) is 2. The quantitative estimate of drug-likeness (QED) is 0.0448. The molecule has 0 aromatic heterocycles. The van der Waals surface area contributed by atoms with Gasteiger partial charge in [-0.15, -0.1) is 0 Å². The minimum atomic E-state index is 0.00801. The van der Waals surface area contributed by atoms with Crippen LogP contribution in [0.2, 0.25) is 0 Å². The van der Waals surface area contributed by atoms with Gasteiger partial charge in [-0.1, -0.05) is 189 Å². The fraction of sp³-hybridized carbons (Fsp3) is 0.946. The molecule has 2 atom stereocenters. The molecule has 7 heteroatoms. The van der Waals surface area contributed by atoms with Crippen LogP contribution < -0.4 is 0 Å². The van der Waals surface area contributed by atoms with Crippen LogP contribution in [0.25, 0.3) is 0 Å². The van der Waals surface area contributed by atoms with Gasteiger partial charge in [-0.25, -0.2) is 0 Å². The molecule has 0 aromatic rings. The lowest BCUT2D eigenvalue weighted by Gasteiger charge is -2.33. The average molecular weight is 889 g/mol. The van der Waals surface area contributed by atoms with Crippen LogP contribution in [0.4, 0.5) is 0 Å². The van der Waals surface area contributed by atoms with Crippen molar-refractivity contribution >= 4 is 17.8 Å². The summed E-state index contributed by atoms with van der Waals surface area (Å²) < 4.78 is 11.9. The van der Waals surface area contributed by atoms with E-state index in [0.29, 0.717) is 31.2 Å². The second-order valence-corrected chi connectivity index (χ2v) is 19.8. The molecule has 0 aromatic carbocycles. The monoisotopic (exact) mass is 889 g/mol. The molecule has 2 unspecified atom stereocenters. The van der Waals surface area contributed by atoms with E-state index >= 15 is 0 Å². The first-order chi connectivity index (χ1) is 30.9. The van der Waals surface area contributed by atoms with Crippen LogP contribution in [0.1, 0.15) is 298 Å². The first kappa shape index (κ1) is 59.4. The number of unbranched alkanes of at least 4 members (excludes halogenated alkanes) is 22. The summed E-state index contributed by atoms with van der Waals surface area (Å²) in [6, 6.07) is 0.335. The maximum Gasteiger partial charge on any atom is 0.306 e. The molecule has 0 bridgehead atoms. The molecule has 0 N–H and O–H groups in total. The van der Waals surface area contributed by atoms with Gasteiger partial charge in [0.2, 0.25) is 5.91 Å². The van der Waals surface area contributed by atoms with Crippen molar-refractivity contribution in [3.05, 3.63) is 0 Å². The number of hydrogen-bond donors (Lipinski definition) is 0. The number of hydrogen-bond acceptors (Lipinski definition) is 6. The third-order valence-corrected chi connectivity index (χ3v) is 13.8. The third kappa shape index (κ3) is 35.3. The van der Waals surface area contributed by atoms with Crippen LogP contribution in [-0.4, -0.2) is 72.1 Å². The zero-order valence-corrected chi connectivity index (χ0v) is 43.0. The van der Waals surface area contributed by atoms with Crippen LogP contribution in [0.15, 0.2) is 0 Å². The first-order valence-corrected chi connectivity index (χ1v) is 28.3. The summed E-state index contributed by atoms with van der Waals surface area (Å²) in [4.78, 5) is 44.4. The molecular formula is C56H108N2O5. The van der Waals surface area contributed by atoms with Crippen molar-refractivity contribution in [3.63, 3.8) is 0 Å². The topological polar surface area (TPSA) is 76.2 Å². The van der Waals surface area contributed by atoms with Crippen molar-refractivity contribution in [2.24, 2.45) is 0 Å². The molecule has 1 aliphatic rings. The van der Waals surface area contributed by atoms with Crippen LogP contribution in [-0.2, 0) is 23.9 Å². The van der Waals surface area contributed by atoms with Gasteiger partial charge in [0.05, 0.1) is 0 Å². The molecule has 1 fully saturated rings. The van der Waals surface area contributed by atoms with Gasteiger partial charge in [0.15, 0.2) is 0 Å². The molecule has 1 amide bonds. The third-order valence-electron chi connectivity index (χ3n) is 13.8. The maximum absolute atomic E-state index is 14.0. The molecule has 1 saturated heterocycles. The van der Waals surface area contributed by atoms with E-state index in [2.05, 4.69) is 44.4 Å². The molecule has 7 nitrogen and oxygen atoms in total. The van der Waals surface area contributed by atoms with Gasteiger partial charge in [-0.05, 0) is 110 Å². The lowest BCUT2D eigenvalue weighted by atomic mass is 9.97. The van der Waals surface area contributed by atoms with E-state index in [1.54, 1.807) is 0 Å². The molecule has 0 spiro atoms. The lowest BCUT2D eigenvalue weighted by molar-refractivity contribution is -0.151. The van der Waals surface area contributed by atoms with Crippen LogP contribution in [0.5, 0.6) is 0 Å². The second kappa shape index (κ2) is 44.2. The Morgan fingerprint density at radius 2 is 0.762 bits per heavy atom. The summed E-state index contributed by atoms with van der Waals surface area (Å²) in [6.07, 6.45) is 45.8. The van der Waals surface area contributed by atoms with E-state index in [4.69, 9.17) is 9.47 Å². The number of nitrogens with zero attached hydrogens (tertiary/aromatic N) is 2. The SMILES string of the molecule is CCCCCCCC(=O)N(CCCN1CCCC1)C(CCCCCCCCC(=O)OC(CCCC)CCCCCC)CCCCCCCCC(=O)OC(CCCC)CCCCCC. The smallest absolute Gasteiger partial charge is 0.306 e. The summed E-state index contributed by atoms with van der Waals surface area (Å²) in [7, 11) is 0. The van der Waals surface area contributed by atoms with Gasteiger partial charge >= 0.3 is 11.9 Å². The summed E-state index contributed by atoms with van der Waals surface area (Å²) in [5, 5.41) is 0. The van der Waals surface area contributed by atoms with Crippen molar-refractivity contribution in [2.75, 3.05) is 26.2 Å². The Bertz CT molecular complexity index is 977. The minimum Gasteiger partial charge on any atom is -0.462 e. The van der Waals surface area contributed by atoms with Gasteiger partial charge in [-0.3, -0.25) is 14.4 Å². The Morgan fingerprint density at radius 3 is 1.21 bits per heavy atom. The van der Waals surface area contributed by atoms with Gasteiger partial charge in [0.25, 0.3) is 0 Å². The van der Waals surface area contributed by atoms with E-state index in [1.807, 2.05) is 0 Å². The summed E-state index contributed by atoms with van der Waals surface area (Å²) in [5.74, 6) is 0.412. The molecule has 1 rings (SSSR count). The summed E-state index contributed by atoms with van der Waals surface area (Å²) in [6.45, 7) is 15.6. The minimum absolute atomic E-state index is 0.00801. The first-order valence-electron chi connectivity index (χ1n) is 28.3. The number of carbonyl (C=O) groups excluding carboxylic acids is 3. The zero-order chi connectivity index (χ0) is 45.9. The van der Waals surface area contributed by atoms with Crippen molar-refractivity contribution in [3.8, 4) is 0 Å². The molecule has 0 saturated carbocycles. The van der Waals surface area contributed by atoms with Crippen LogP contribution in [0.3, 0.4) is 0 Å². The molecule has 372 valence electrons. The Hall–Kier alpha value is -1.63. The molecular weight excluding hydrogens is 781 g/mol. The largest absolute Gasteiger partial charge is 0.462 e. The molecule has 0 aliphatic carbocycles. The van der Waals surface area contributed by atoms with E-state index in [-0.39, 0.29) is 24.1 Å². The van der Waals surface area contributed by atoms with Crippen molar-refractivity contribution in [1.29, 1.82) is 0 Å². The van der Waals surface area contributed by atoms with Crippen molar-refractivity contribution in [2.45, 2.75) is 316 Å². The zero-order valence-electron chi connectivity index (χ0n) is 43.0. The highest BCUT2D eigenvalue weighted by molar-refractivity contribution is 5.76. The molecule has 1 heterocycles. The summed E-state index contributed by atoms with van der Waals surface area (Å²) in [5.41, 5.74) is 0. The molecule has 0 radical (unpaired) electrons. The Labute approximate surface area is 392 Å². The maximum atomic E-state index is 14.0. The molecule has 63 heavy (non-hydrogen) atoms. The predicted octanol–water partition coefficient (Wildman–Crippen LogP) is 16.4. The van der Waals surface area contributed by atoms with E-state index in [0.717, 1.165) is 122 Å². The highest BCUT2D eigenvalue weighted by Gasteiger charge is 2.24.